The minimum absolute atomic E-state index is 0.0947. The maximum absolute atomic E-state index is 13.3. The van der Waals surface area contributed by atoms with Gasteiger partial charge in [0.05, 0.1) is 0 Å². The molecule has 7 nitrogen and oxygen atoms in total. The molecule has 192 valence electrons. The van der Waals surface area contributed by atoms with Gasteiger partial charge >= 0.3 is 0 Å². The number of para-hydroxylation sites is 1. The van der Waals surface area contributed by atoms with Gasteiger partial charge in [0.25, 0.3) is 5.91 Å². The fourth-order valence-corrected chi connectivity index (χ4v) is 4.59. The zero-order chi connectivity index (χ0) is 26.7. The summed E-state index contributed by atoms with van der Waals surface area (Å²) in [6.07, 6.45) is 0. The molecule has 0 radical (unpaired) electrons. The summed E-state index contributed by atoms with van der Waals surface area (Å²) in [5.41, 5.74) is 2.78. The highest BCUT2D eigenvalue weighted by atomic mass is 32.2. The largest absolute Gasteiger partial charge is 0.484 e. The molecule has 0 aliphatic heterocycles. The number of anilines is 3. The SMILES string of the molecule is CC(=O)Nc1ccc(NC(=O)C(Sc2ccc(NC(=O)COc3ccccc3)cc2)c2ccccc2)cc1. The van der Waals surface area contributed by atoms with Crippen LogP contribution in [0.2, 0.25) is 0 Å². The average molecular weight is 526 g/mol. The van der Waals surface area contributed by atoms with Crippen molar-refractivity contribution in [1.29, 1.82) is 0 Å². The topological polar surface area (TPSA) is 96.5 Å². The number of nitrogens with one attached hydrogen (secondary N) is 3. The molecule has 1 atom stereocenters. The predicted octanol–water partition coefficient (Wildman–Crippen LogP) is 6.13. The molecule has 4 aromatic carbocycles. The molecule has 4 aromatic rings. The molecule has 0 fully saturated rings. The van der Waals surface area contributed by atoms with E-state index in [0.29, 0.717) is 22.8 Å². The van der Waals surface area contributed by atoms with Gasteiger partial charge in [-0.1, -0.05) is 48.5 Å². The van der Waals surface area contributed by atoms with Gasteiger partial charge in [0.1, 0.15) is 11.0 Å². The molecule has 0 bridgehead atoms. The van der Waals surface area contributed by atoms with Crippen LogP contribution in [0.5, 0.6) is 5.75 Å². The molecular weight excluding hydrogens is 498 g/mol. The summed E-state index contributed by atoms with van der Waals surface area (Å²) in [7, 11) is 0. The number of carbonyl (C=O) groups is 3. The number of hydrogen-bond donors (Lipinski definition) is 3. The van der Waals surface area contributed by atoms with Gasteiger partial charge in [0.2, 0.25) is 11.8 Å². The number of benzene rings is 4. The lowest BCUT2D eigenvalue weighted by Crippen LogP contribution is -2.20. The molecular formula is C30H27N3O4S. The lowest BCUT2D eigenvalue weighted by atomic mass is 10.1. The van der Waals surface area contributed by atoms with E-state index < -0.39 is 5.25 Å². The van der Waals surface area contributed by atoms with Crippen LogP contribution in [0.25, 0.3) is 0 Å². The van der Waals surface area contributed by atoms with Crippen molar-refractivity contribution in [2.45, 2.75) is 17.1 Å². The average Bonchev–Trinajstić information content (AvgIpc) is 2.93. The van der Waals surface area contributed by atoms with Gasteiger partial charge in [-0.3, -0.25) is 14.4 Å². The molecule has 3 amide bonds. The van der Waals surface area contributed by atoms with E-state index in [-0.39, 0.29) is 24.3 Å². The lowest BCUT2D eigenvalue weighted by Gasteiger charge is -2.17. The van der Waals surface area contributed by atoms with E-state index >= 15 is 0 Å². The van der Waals surface area contributed by atoms with Crippen LogP contribution >= 0.6 is 11.8 Å². The fourth-order valence-electron chi connectivity index (χ4n) is 3.56. The lowest BCUT2D eigenvalue weighted by molar-refractivity contribution is -0.118. The summed E-state index contributed by atoms with van der Waals surface area (Å²) in [5.74, 6) is 0.0287. The van der Waals surface area contributed by atoms with E-state index in [9.17, 15) is 14.4 Å². The van der Waals surface area contributed by atoms with Crippen LogP contribution in [-0.2, 0) is 14.4 Å². The second kappa shape index (κ2) is 13.1. The Labute approximate surface area is 225 Å². The van der Waals surface area contributed by atoms with Gasteiger partial charge in [-0.05, 0) is 66.2 Å². The number of amides is 3. The normalized spacial score (nSPS) is 11.2. The first-order chi connectivity index (χ1) is 18.5. The van der Waals surface area contributed by atoms with Gasteiger partial charge in [0, 0.05) is 28.9 Å². The Bertz CT molecular complexity index is 1360. The Hall–Kier alpha value is -4.56. The van der Waals surface area contributed by atoms with Crippen LogP contribution in [0, 0.1) is 0 Å². The first kappa shape index (κ1) is 26.5. The van der Waals surface area contributed by atoms with Crippen LogP contribution in [0.15, 0.2) is 114 Å². The molecule has 0 saturated heterocycles. The molecule has 1 unspecified atom stereocenters. The number of thioether (sulfide) groups is 1. The monoisotopic (exact) mass is 525 g/mol. The van der Waals surface area contributed by atoms with Gasteiger partial charge in [-0.25, -0.2) is 0 Å². The molecule has 4 rings (SSSR count). The Balaban J connectivity index is 1.39. The number of hydrogen-bond acceptors (Lipinski definition) is 5. The first-order valence-electron chi connectivity index (χ1n) is 11.9. The van der Waals surface area contributed by atoms with Crippen LogP contribution in [0.3, 0.4) is 0 Å². The minimum atomic E-state index is -0.508. The van der Waals surface area contributed by atoms with Crippen molar-refractivity contribution in [3.05, 3.63) is 115 Å². The highest BCUT2D eigenvalue weighted by molar-refractivity contribution is 8.00. The summed E-state index contributed by atoms with van der Waals surface area (Å²) in [6, 6.07) is 33.0. The number of ether oxygens (including phenoxy) is 1. The van der Waals surface area contributed by atoms with Crippen molar-refractivity contribution in [1.82, 2.24) is 0 Å². The molecule has 0 aliphatic rings. The van der Waals surface area contributed by atoms with Gasteiger partial charge in [0.15, 0.2) is 6.61 Å². The first-order valence-corrected chi connectivity index (χ1v) is 12.8. The Morgan fingerprint density at radius 1 is 0.684 bits per heavy atom. The van der Waals surface area contributed by atoms with Gasteiger partial charge in [-0.2, -0.15) is 0 Å². The molecule has 0 aromatic heterocycles. The van der Waals surface area contributed by atoms with Crippen LogP contribution in [-0.4, -0.2) is 24.3 Å². The van der Waals surface area contributed by atoms with Crippen molar-refractivity contribution in [2.24, 2.45) is 0 Å². The molecule has 38 heavy (non-hydrogen) atoms. The van der Waals surface area contributed by atoms with Gasteiger partial charge in [-0.15, -0.1) is 11.8 Å². The molecule has 8 heteroatoms. The minimum Gasteiger partial charge on any atom is -0.484 e. The van der Waals surface area contributed by atoms with E-state index in [0.717, 1.165) is 10.5 Å². The second-order valence-corrected chi connectivity index (χ2v) is 9.51. The van der Waals surface area contributed by atoms with Crippen molar-refractivity contribution >= 4 is 46.5 Å². The van der Waals surface area contributed by atoms with Crippen LogP contribution in [0.1, 0.15) is 17.7 Å². The number of rotatable bonds is 10. The smallest absolute Gasteiger partial charge is 0.262 e. The third-order valence-electron chi connectivity index (χ3n) is 5.32. The van der Waals surface area contributed by atoms with Crippen LogP contribution < -0.4 is 20.7 Å². The van der Waals surface area contributed by atoms with E-state index in [2.05, 4.69) is 16.0 Å². The summed E-state index contributed by atoms with van der Waals surface area (Å²) in [6.45, 7) is 1.35. The van der Waals surface area contributed by atoms with E-state index in [1.54, 1.807) is 48.5 Å². The summed E-state index contributed by atoms with van der Waals surface area (Å²) < 4.78 is 5.48. The highest BCUT2D eigenvalue weighted by Gasteiger charge is 2.22. The Morgan fingerprint density at radius 3 is 1.82 bits per heavy atom. The third-order valence-corrected chi connectivity index (χ3v) is 6.58. The van der Waals surface area contributed by atoms with Crippen molar-refractivity contribution in [3.8, 4) is 5.75 Å². The zero-order valence-corrected chi connectivity index (χ0v) is 21.5. The Kier molecular flexibility index (Phi) is 9.15. The van der Waals surface area contributed by atoms with E-state index in [1.807, 2.05) is 60.7 Å². The van der Waals surface area contributed by atoms with Crippen molar-refractivity contribution in [2.75, 3.05) is 22.6 Å². The third kappa shape index (κ3) is 7.97. The molecule has 0 saturated carbocycles. The van der Waals surface area contributed by atoms with Crippen molar-refractivity contribution < 1.29 is 19.1 Å². The summed E-state index contributed by atoms with van der Waals surface area (Å²) in [5, 5.41) is 7.98. The predicted molar refractivity (Wildman–Crippen MR) is 151 cm³/mol. The standard InChI is InChI=1S/C30H27N3O4S/c1-21(34)31-23-12-14-25(15-13-23)33-30(36)29(22-8-4-2-5-9-22)38-27-18-16-24(17-19-27)32-28(35)20-37-26-10-6-3-7-11-26/h2-19,29H,20H2,1H3,(H,31,34)(H,32,35)(H,33,36). The van der Waals surface area contributed by atoms with Crippen molar-refractivity contribution in [3.63, 3.8) is 0 Å². The van der Waals surface area contributed by atoms with Gasteiger partial charge < -0.3 is 20.7 Å². The fraction of sp³-hybridized carbons (Fsp3) is 0.100. The van der Waals surface area contributed by atoms with Crippen LogP contribution in [0.4, 0.5) is 17.1 Å². The highest BCUT2D eigenvalue weighted by Crippen LogP contribution is 2.36. The van der Waals surface area contributed by atoms with E-state index in [1.165, 1.54) is 18.7 Å². The zero-order valence-electron chi connectivity index (χ0n) is 20.7. The summed E-state index contributed by atoms with van der Waals surface area (Å²) in [4.78, 5) is 37.7. The number of carbonyl (C=O) groups excluding carboxylic acids is 3. The maximum Gasteiger partial charge on any atom is 0.262 e. The Morgan fingerprint density at radius 2 is 1.21 bits per heavy atom. The molecule has 0 spiro atoms. The molecule has 3 N–H and O–H groups in total. The quantitative estimate of drug-likeness (QED) is 0.216. The molecule has 0 heterocycles. The molecule has 0 aliphatic carbocycles. The maximum atomic E-state index is 13.3. The summed E-state index contributed by atoms with van der Waals surface area (Å²) >= 11 is 1.41. The van der Waals surface area contributed by atoms with E-state index in [4.69, 9.17) is 4.74 Å². The second-order valence-electron chi connectivity index (χ2n) is 8.33.